The molecule has 2 N–H and O–H groups in total. The molecule has 0 radical (unpaired) electrons. The zero-order valence-corrected chi connectivity index (χ0v) is 11.5. The highest BCUT2D eigenvalue weighted by molar-refractivity contribution is 5.20. The molecule has 2 nitrogen and oxygen atoms in total. The van der Waals surface area contributed by atoms with E-state index in [1.165, 1.54) is 19.3 Å². The second-order valence-corrected chi connectivity index (χ2v) is 5.63. The van der Waals surface area contributed by atoms with E-state index in [-0.39, 0.29) is 0 Å². The Kier molecular flexibility index (Phi) is 5.17. The van der Waals surface area contributed by atoms with E-state index in [0.29, 0.717) is 12.3 Å². The van der Waals surface area contributed by atoms with Gasteiger partial charge in [-0.05, 0) is 29.9 Å². The highest BCUT2D eigenvalue weighted by atomic mass is 16.3. The summed E-state index contributed by atoms with van der Waals surface area (Å²) >= 11 is 0. The van der Waals surface area contributed by atoms with Crippen molar-refractivity contribution in [2.45, 2.75) is 50.7 Å². The van der Waals surface area contributed by atoms with Gasteiger partial charge in [-0.25, -0.2) is 0 Å². The Morgan fingerprint density at radius 2 is 1.74 bits per heavy atom. The van der Waals surface area contributed by atoms with Crippen LogP contribution >= 0.6 is 0 Å². The molecule has 0 bridgehead atoms. The van der Waals surface area contributed by atoms with E-state index in [9.17, 15) is 10.2 Å². The van der Waals surface area contributed by atoms with Gasteiger partial charge in [0, 0.05) is 6.42 Å². The molecular weight excluding hydrogens is 236 g/mol. The molecule has 0 amide bonds. The Morgan fingerprint density at radius 3 is 2.37 bits per heavy atom. The number of rotatable bonds is 5. The standard InChI is InChI=1S/C17H24O2/c1-13(17(19)15-10-6-3-7-11-15)12-16(18)14-8-4-2-5-9-14/h2,4-5,8-9,15-19H,1,3,6-7,10-12H2/t16-,17-/m0/s1. The summed E-state index contributed by atoms with van der Waals surface area (Å²) in [4.78, 5) is 0. The van der Waals surface area contributed by atoms with Gasteiger partial charge in [-0.3, -0.25) is 0 Å². The fraction of sp³-hybridized carbons (Fsp3) is 0.529. The molecule has 2 atom stereocenters. The van der Waals surface area contributed by atoms with Crippen molar-refractivity contribution < 1.29 is 10.2 Å². The Labute approximate surface area is 115 Å². The number of hydrogen-bond donors (Lipinski definition) is 2. The fourth-order valence-electron chi connectivity index (χ4n) is 2.95. The van der Waals surface area contributed by atoms with Crippen molar-refractivity contribution in [1.29, 1.82) is 0 Å². The molecule has 0 aromatic heterocycles. The number of benzene rings is 1. The quantitative estimate of drug-likeness (QED) is 0.794. The van der Waals surface area contributed by atoms with Gasteiger partial charge in [-0.1, -0.05) is 56.2 Å². The molecular formula is C17H24O2. The van der Waals surface area contributed by atoms with Crippen molar-refractivity contribution in [2.24, 2.45) is 5.92 Å². The Morgan fingerprint density at radius 1 is 1.11 bits per heavy atom. The SMILES string of the molecule is C=C(C[C@H](O)c1ccccc1)[C@H](O)C1CCCCC1. The molecule has 1 aromatic rings. The molecule has 1 aromatic carbocycles. The van der Waals surface area contributed by atoms with Gasteiger partial charge in [0.25, 0.3) is 0 Å². The van der Waals surface area contributed by atoms with Gasteiger partial charge < -0.3 is 10.2 Å². The van der Waals surface area contributed by atoms with Gasteiger partial charge >= 0.3 is 0 Å². The molecule has 104 valence electrons. The van der Waals surface area contributed by atoms with E-state index in [2.05, 4.69) is 6.58 Å². The highest BCUT2D eigenvalue weighted by Gasteiger charge is 2.25. The largest absolute Gasteiger partial charge is 0.388 e. The van der Waals surface area contributed by atoms with Gasteiger partial charge in [0.1, 0.15) is 0 Å². The first-order valence-corrected chi connectivity index (χ1v) is 7.27. The summed E-state index contributed by atoms with van der Waals surface area (Å²) in [5.41, 5.74) is 1.66. The Balaban J connectivity index is 1.89. The van der Waals surface area contributed by atoms with Crippen molar-refractivity contribution in [3.05, 3.63) is 48.0 Å². The molecule has 1 aliphatic rings. The van der Waals surface area contributed by atoms with Crippen LogP contribution in [0.25, 0.3) is 0 Å². The fourth-order valence-corrected chi connectivity index (χ4v) is 2.95. The molecule has 0 spiro atoms. The van der Waals surface area contributed by atoms with Crippen LogP contribution < -0.4 is 0 Å². The summed E-state index contributed by atoms with van der Waals surface area (Å²) < 4.78 is 0. The van der Waals surface area contributed by atoms with Gasteiger partial charge in [-0.15, -0.1) is 0 Å². The minimum atomic E-state index is -0.563. The molecule has 1 saturated carbocycles. The maximum absolute atomic E-state index is 10.3. The van der Waals surface area contributed by atoms with Crippen molar-refractivity contribution >= 4 is 0 Å². The minimum absolute atomic E-state index is 0.337. The van der Waals surface area contributed by atoms with Crippen LogP contribution in [0.1, 0.15) is 50.2 Å². The van der Waals surface area contributed by atoms with Crippen LogP contribution in [0.3, 0.4) is 0 Å². The first-order chi connectivity index (χ1) is 9.18. The molecule has 1 fully saturated rings. The lowest BCUT2D eigenvalue weighted by molar-refractivity contribution is 0.0991. The lowest BCUT2D eigenvalue weighted by Crippen LogP contribution is -2.25. The van der Waals surface area contributed by atoms with Gasteiger partial charge in [0.05, 0.1) is 12.2 Å². The maximum Gasteiger partial charge on any atom is 0.0828 e. The van der Waals surface area contributed by atoms with E-state index < -0.39 is 12.2 Å². The summed E-state index contributed by atoms with van der Waals surface area (Å²) in [6, 6.07) is 9.58. The van der Waals surface area contributed by atoms with Crippen LogP contribution in [0.5, 0.6) is 0 Å². The highest BCUT2D eigenvalue weighted by Crippen LogP contribution is 2.31. The van der Waals surface area contributed by atoms with Crippen molar-refractivity contribution in [2.75, 3.05) is 0 Å². The lowest BCUT2D eigenvalue weighted by Gasteiger charge is -2.28. The van der Waals surface area contributed by atoms with Crippen LogP contribution in [0.2, 0.25) is 0 Å². The Hall–Kier alpha value is -1.12. The third-order valence-electron chi connectivity index (χ3n) is 4.15. The predicted molar refractivity (Wildman–Crippen MR) is 77.7 cm³/mol. The van der Waals surface area contributed by atoms with E-state index >= 15 is 0 Å². The van der Waals surface area contributed by atoms with Crippen LogP contribution in [0, 0.1) is 5.92 Å². The molecule has 0 unspecified atom stereocenters. The van der Waals surface area contributed by atoms with Crippen LogP contribution in [-0.4, -0.2) is 16.3 Å². The molecule has 2 heteroatoms. The van der Waals surface area contributed by atoms with Crippen LogP contribution in [0.4, 0.5) is 0 Å². The second-order valence-electron chi connectivity index (χ2n) is 5.63. The van der Waals surface area contributed by atoms with Crippen molar-refractivity contribution in [3.63, 3.8) is 0 Å². The van der Waals surface area contributed by atoms with E-state index in [0.717, 1.165) is 24.0 Å². The first-order valence-electron chi connectivity index (χ1n) is 7.27. The minimum Gasteiger partial charge on any atom is -0.388 e. The predicted octanol–water partition coefficient (Wildman–Crippen LogP) is 3.61. The third kappa shape index (κ3) is 3.92. The smallest absolute Gasteiger partial charge is 0.0828 e. The third-order valence-corrected chi connectivity index (χ3v) is 4.15. The van der Waals surface area contributed by atoms with Gasteiger partial charge in [-0.2, -0.15) is 0 Å². The van der Waals surface area contributed by atoms with Crippen molar-refractivity contribution in [1.82, 2.24) is 0 Å². The molecule has 0 aliphatic heterocycles. The lowest BCUT2D eigenvalue weighted by atomic mass is 9.81. The molecule has 0 saturated heterocycles. The van der Waals surface area contributed by atoms with E-state index in [1.54, 1.807) is 0 Å². The molecule has 0 heterocycles. The van der Waals surface area contributed by atoms with Crippen LogP contribution in [0.15, 0.2) is 42.5 Å². The van der Waals surface area contributed by atoms with Gasteiger partial charge in [0.2, 0.25) is 0 Å². The number of aliphatic hydroxyl groups excluding tert-OH is 2. The molecule has 2 rings (SSSR count). The summed E-state index contributed by atoms with van der Waals surface area (Å²) in [5, 5.41) is 20.5. The number of aliphatic hydroxyl groups is 2. The monoisotopic (exact) mass is 260 g/mol. The summed E-state index contributed by atoms with van der Waals surface area (Å²) in [6.45, 7) is 3.99. The molecule has 19 heavy (non-hydrogen) atoms. The summed E-state index contributed by atoms with van der Waals surface area (Å²) in [5.74, 6) is 0.337. The first kappa shape index (κ1) is 14.3. The average Bonchev–Trinajstić information content (AvgIpc) is 2.48. The Bertz CT molecular complexity index is 393. The number of hydrogen-bond acceptors (Lipinski definition) is 2. The summed E-state index contributed by atoms with van der Waals surface area (Å²) in [7, 11) is 0. The maximum atomic E-state index is 10.3. The molecule has 1 aliphatic carbocycles. The zero-order chi connectivity index (χ0) is 13.7. The van der Waals surface area contributed by atoms with Gasteiger partial charge in [0.15, 0.2) is 0 Å². The second kappa shape index (κ2) is 6.88. The zero-order valence-electron chi connectivity index (χ0n) is 11.5. The van der Waals surface area contributed by atoms with E-state index in [1.807, 2.05) is 30.3 Å². The van der Waals surface area contributed by atoms with E-state index in [4.69, 9.17) is 0 Å². The van der Waals surface area contributed by atoms with Crippen molar-refractivity contribution in [3.8, 4) is 0 Å². The summed E-state index contributed by atoms with van der Waals surface area (Å²) in [6.07, 6.45) is 5.28. The van der Waals surface area contributed by atoms with Crippen LogP contribution in [-0.2, 0) is 0 Å². The topological polar surface area (TPSA) is 40.5 Å². The average molecular weight is 260 g/mol. The normalized spacial score (nSPS) is 19.9.